The average molecular weight is 288 g/mol. The Morgan fingerprint density at radius 3 is 2.95 bits per heavy atom. The van der Waals surface area contributed by atoms with Crippen LogP contribution >= 0.6 is 11.3 Å². The number of rotatable bonds is 3. The molecular formula is C15H16N2O2S. The molecule has 20 heavy (non-hydrogen) atoms. The number of aryl methyl sites for hydroxylation is 1. The number of nitrogens with one attached hydrogen (secondary N) is 1. The van der Waals surface area contributed by atoms with Gasteiger partial charge in [-0.05, 0) is 37.0 Å². The first-order valence-corrected chi connectivity index (χ1v) is 7.36. The number of para-hydroxylation sites is 2. The maximum Gasteiger partial charge on any atom is 0.259 e. The minimum Gasteiger partial charge on any atom is -0.495 e. The minimum atomic E-state index is -0.147. The van der Waals surface area contributed by atoms with E-state index in [9.17, 15) is 4.79 Å². The van der Waals surface area contributed by atoms with E-state index in [0.29, 0.717) is 22.0 Å². The Morgan fingerprint density at radius 2 is 2.15 bits per heavy atom. The first-order chi connectivity index (χ1) is 9.70. The number of thiophene rings is 1. The lowest BCUT2D eigenvalue weighted by atomic mass is 10.1. The third kappa shape index (κ3) is 2.14. The third-order valence-corrected chi connectivity index (χ3v) is 4.65. The maximum atomic E-state index is 12.5. The molecular weight excluding hydrogens is 272 g/mol. The summed E-state index contributed by atoms with van der Waals surface area (Å²) in [7, 11) is 1.58. The predicted octanol–water partition coefficient (Wildman–Crippen LogP) is 3.08. The van der Waals surface area contributed by atoms with E-state index in [1.54, 1.807) is 7.11 Å². The van der Waals surface area contributed by atoms with E-state index < -0.39 is 0 Å². The number of hydrogen-bond acceptors (Lipinski definition) is 4. The second-order valence-electron chi connectivity index (χ2n) is 4.75. The van der Waals surface area contributed by atoms with Crippen LogP contribution in [-0.4, -0.2) is 13.0 Å². The topological polar surface area (TPSA) is 64.3 Å². The molecule has 2 aromatic rings. The normalized spacial score (nSPS) is 13.1. The summed E-state index contributed by atoms with van der Waals surface area (Å²) in [5, 5.41) is 3.51. The monoisotopic (exact) mass is 288 g/mol. The van der Waals surface area contributed by atoms with E-state index in [-0.39, 0.29) is 5.91 Å². The zero-order valence-corrected chi connectivity index (χ0v) is 12.0. The fourth-order valence-electron chi connectivity index (χ4n) is 2.61. The molecule has 0 fully saturated rings. The Hall–Kier alpha value is -2.01. The number of amides is 1. The molecule has 1 amide bonds. The Balaban J connectivity index is 1.90. The molecule has 0 aliphatic heterocycles. The van der Waals surface area contributed by atoms with Gasteiger partial charge in [-0.25, -0.2) is 0 Å². The second kappa shape index (κ2) is 5.17. The first kappa shape index (κ1) is 13.0. The number of hydrogen-bond donors (Lipinski definition) is 2. The number of carbonyl (C=O) groups excluding carboxylic acids is 1. The van der Waals surface area contributed by atoms with Crippen molar-refractivity contribution < 1.29 is 9.53 Å². The fourth-order valence-corrected chi connectivity index (χ4v) is 3.76. The van der Waals surface area contributed by atoms with Crippen LogP contribution in [0.1, 0.15) is 27.2 Å². The van der Waals surface area contributed by atoms with E-state index in [2.05, 4.69) is 5.32 Å². The van der Waals surface area contributed by atoms with Gasteiger partial charge < -0.3 is 15.8 Å². The quantitative estimate of drug-likeness (QED) is 0.912. The van der Waals surface area contributed by atoms with Crippen LogP contribution in [0.25, 0.3) is 0 Å². The number of benzene rings is 1. The van der Waals surface area contributed by atoms with Crippen LogP contribution < -0.4 is 15.8 Å². The molecule has 4 nitrogen and oxygen atoms in total. The molecule has 1 aromatic carbocycles. The molecule has 1 aromatic heterocycles. The summed E-state index contributed by atoms with van der Waals surface area (Å²) in [6.07, 6.45) is 3.08. The molecule has 104 valence electrons. The molecule has 0 atom stereocenters. The van der Waals surface area contributed by atoms with Crippen LogP contribution in [-0.2, 0) is 12.8 Å². The number of fused-ring (bicyclic) bond motifs is 1. The Morgan fingerprint density at radius 1 is 1.35 bits per heavy atom. The van der Waals surface area contributed by atoms with Crippen molar-refractivity contribution in [1.82, 2.24) is 0 Å². The number of carbonyl (C=O) groups is 1. The van der Waals surface area contributed by atoms with Gasteiger partial charge in [0.05, 0.1) is 23.4 Å². The highest BCUT2D eigenvalue weighted by molar-refractivity contribution is 7.16. The van der Waals surface area contributed by atoms with Crippen LogP contribution in [0.3, 0.4) is 0 Å². The summed E-state index contributed by atoms with van der Waals surface area (Å²) in [4.78, 5) is 13.7. The van der Waals surface area contributed by atoms with Crippen molar-refractivity contribution in [2.24, 2.45) is 0 Å². The van der Waals surface area contributed by atoms with E-state index in [1.165, 1.54) is 16.2 Å². The number of anilines is 2. The molecule has 1 aliphatic rings. The lowest BCUT2D eigenvalue weighted by Crippen LogP contribution is -2.15. The summed E-state index contributed by atoms with van der Waals surface area (Å²) >= 11 is 1.54. The fraction of sp³-hybridized carbons (Fsp3) is 0.267. The second-order valence-corrected chi connectivity index (χ2v) is 5.89. The zero-order chi connectivity index (χ0) is 14.1. The van der Waals surface area contributed by atoms with Gasteiger partial charge in [-0.2, -0.15) is 0 Å². The number of nitrogens with two attached hydrogens (primary N) is 1. The van der Waals surface area contributed by atoms with Gasteiger partial charge in [0.2, 0.25) is 0 Å². The van der Waals surface area contributed by atoms with E-state index in [4.69, 9.17) is 10.5 Å². The predicted molar refractivity (Wildman–Crippen MR) is 81.7 cm³/mol. The maximum absolute atomic E-state index is 12.5. The lowest BCUT2D eigenvalue weighted by Gasteiger charge is -2.10. The Kier molecular flexibility index (Phi) is 3.36. The largest absolute Gasteiger partial charge is 0.495 e. The van der Waals surface area contributed by atoms with Gasteiger partial charge in [-0.1, -0.05) is 12.1 Å². The van der Waals surface area contributed by atoms with Crippen molar-refractivity contribution in [3.63, 3.8) is 0 Å². The van der Waals surface area contributed by atoms with E-state index in [1.807, 2.05) is 24.3 Å². The highest BCUT2D eigenvalue weighted by atomic mass is 32.1. The van der Waals surface area contributed by atoms with Crippen molar-refractivity contribution >= 4 is 27.9 Å². The van der Waals surface area contributed by atoms with Crippen molar-refractivity contribution in [2.75, 3.05) is 18.2 Å². The molecule has 3 rings (SSSR count). The van der Waals surface area contributed by atoms with E-state index in [0.717, 1.165) is 24.8 Å². The number of methoxy groups -OCH3 is 1. The molecule has 0 saturated carbocycles. The molecule has 1 aliphatic carbocycles. The molecule has 0 radical (unpaired) electrons. The molecule has 1 heterocycles. The van der Waals surface area contributed by atoms with Crippen molar-refractivity contribution in [3.05, 3.63) is 40.3 Å². The lowest BCUT2D eigenvalue weighted by molar-refractivity contribution is 0.102. The highest BCUT2D eigenvalue weighted by Crippen LogP contribution is 2.38. The van der Waals surface area contributed by atoms with Crippen molar-refractivity contribution in [1.29, 1.82) is 0 Å². The van der Waals surface area contributed by atoms with Crippen LogP contribution in [0.5, 0.6) is 5.75 Å². The van der Waals surface area contributed by atoms with Gasteiger partial charge in [0.15, 0.2) is 0 Å². The Bertz CT molecular complexity index is 664. The standard InChI is InChI=1S/C15H16N2O2S/c1-19-11-7-3-2-6-10(11)17-15(18)13-9-5-4-8-12(9)20-14(13)16/h2-3,6-7H,4-5,8,16H2,1H3,(H,17,18). The van der Waals surface area contributed by atoms with E-state index >= 15 is 0 Å². The molecule has 5 heteroatoms. The SMILES string of the molecule is COc1ccccc1NC(=O)c1c(N)sc2c1CCC2. The molecule has 0 bridgehead atoms. The highest BCUT2D eigenvalue weighted by Gasteiger charge is 2.25. The summed E-state index contributed by atoms with van der Waals surface area (Å²) < 4.78 is 5.24. The zero-order valence-electron chi connectivity index (χ0n) is 11.2. The summed E-state index contributed by atoms with van der Waals surface area (Å²) in [6, 6.07) is 7.36. The van der Waals surface area contributed by atoms with Gasteiger partial charge >= 0.3 is 0 Å². The molecule has 3 N–H and O–H groups in total. The van der Waals surface area contributed by atoms with Gasteiger partial charge in [-0.15, -0.1) is 11.3 Å². The van der Waals surface area contributed by atoms with Gasteiger partial charge in [0, 0.05) is 4.88 Å². The Labute approximate surface area is 121 Å². The smallest absolute Gasteiger partial charge is 0.259 e. The first-order valence-electron chi connectivity index (χ1n) is 6.55. The van der Waals surface area contributed by atoms with Gasteiger partial charge in [0.1, 0.15) is 5.75 Å². The molecule has 0 saturated heterocycles. The third-order valence-electron chi connectivity index (χ3n) is 3.53. The number of nitrogen functional groups attached to an aromatic ring is 1. The van der Waals surface area contributed by atoms with Crippen molar-refractivity contribution in [3.8, 4) is 5.75 Å². The van der Waals surface area contributed by atoms with Gasteiger partial charge in [-0.3, -0.25) is 4.79 Å². The van der Waals surface area contributed by atoms with Crippen LogP contribution in [0.15, 0.2) is 24.3 Å². The number of ether oxygens (including phenoxy) is 1. The molecule has 0 spiro atoms. The van der Waals surface area contributed by atoms with Crippen LogP contribution in [0, 0.1) is 0 Å². The van der Waals surface area contributed by atoms with Gasteiger partial charge in [0.25, 0.3) is 5.91 Å². The average Bonchev–Trinajstić information content (AvgIpc) is 2.98. The minimum absolute atomic E-state index is 0.147. The van der Waals surface area contributed by atoms with Crippen LogP contribution in [0.2, 0.25) is 0 Å². The summed E-state index contributed by atoms with van der Waals surface area (Å²) in [5.74, 6) is 0.498. The molecule has 0 unspecified atom stereocenters. The van der Waals surface area contributed by atoms with Crippen LogP contribution in [0.4, 0.5) is 10.7 Å². The summed E-state index contributed by atoms with van der Waals surface area (Å²) in [6.45, 7) is 0. The summed E-state index contributed by atoms with van der Waals surface area (Å²) in [5.41, 5.74) is 8.44. The van der Waals surface area contributed by atoms with Crippen molar-refractivity contribution in [2.45, 2.75) is 19.3 Å².